The van der Waals surface area contributed by atoms with Crippen LogP contribution in [0.25, 0.3) is 0 Å². The summed E-state index contributed by atoms with van der Waals surface area (Å²) >= 11 is 0. The molecular formula is C10H15NO2. The smallest absolute Gasteiger partial charge is 0.119 e. The van der Waals surface area contributed by atoms with Gasteiger partial charge in [-0.2, -0.15) is 0 Å². The van der Waals surface area contributed by atoms with E-state index < -0.39 is 0 Å². The molecule has 2 N–H and O–H groups in total. The second-order valence-electron chi connectivity index (χ2n) is 2.72. The van der Waals surface area contributed by atoms with Crippen LogP contribution in [0.2, 0.25) is 0 Å². The molecule has 0 fully saturated rings. The third kappa shape index (κ3) is 3.44. The number of ether oxygens (including phenoxy) is 2. The zero-order valence-electron chi connectivity index (χ0n) is 7.82. The fourth-order valence-electron chi connectivity index (χ4n) is 1.07. The molecule has 3 nitrogen and oxygen atoms in total. The first-order chi connectivity index (χ1) is 6.36. The zero-order valence-corrected chi connectivity index (χ0v) is 7.82. The Morgan fingerprint density at radius 1 is 1.38 bits per heavy atom. The second kappa shape index (κ2) is 5.56. The Balaban J connectivity index is 2.56. The summed E-state index contributed by atoms with van der Waals surface area (Å²) in [5, 5.41) is 0. The molecule has 1 rings (SSSR count). The Kier molecular flexibility index (Phi) is 4.29. The molecule has 0 bridgehead atoms. The van der Waals surface area contributed by atoms with Crippen molar-refractivity contribution in [3.8, 4) is 5.75 Å². The van der Waals surface area contributed by atoms with Crippen LogP contribution in [0.15, 0.2) is 24.3 Å². The predicted octanol–water partition coefficient (Wildman–Crippen LogP) is 1.17. The molecule has 3 heteroatoms. The number of hydrogen-bond donors (Lipinski definition) is 1. The highest BCUT2D eigenvalue weighted by Gasteiger charge is 1.95. The maximum atomic E-state index is 5.36. The Labute approximate surface area is 78.5 Å². The molecule has 0 atom stereocenters. The molecule has 0 aliphatic rings. The van der Waals surface area contributed by atoms with E-state index in [4.69, 9.17) is 15.2 Å². The van der Waals surface area contributed by atoms with Gasteiger partial charge in [0.05, 0.1) is 6.61 Å². The van der Waals surface area contributed by atoms with E-state index in [0.717, 1.165) is 11.3 Å². The summed E-state index contributed by atoms with van der Waals surface area (Å²) in [5.41, 5.74) is 6.43. The quantitative estimate of drug-likeness (QED) is 0.741. The summed E-state index contributed by atoms with van der Waals surface area (Å²) in [6.07, 6.45) is 0. The highest BCUT2D eigenvalue weighted by molar-refractivity contribution is 5.28. The molecule has 0 amide bonds. The third-order valence-corrected chi connectivity index (χ3v) is 1.60. The van der Waals surface area contributed by atoms with E-state index in [1.165, 1.54) is 0 Å². The van der Waals surface area contributed by atoms with E-state index in [1.54, 1.807) is 7.11 Å². The van der Waals surface area contributed by atoms with Gasteiger partial charge >= 0.3 is 0 Å². The molecule has 1 aromatic carbocycles. The Hall–Kier alpha value is -1.06. The molecule has 0 aliphatic carbocycles. The van der Waals surface area contributed by atoms with Crippen molar-refractivity contribution in [3.63, 3.8) is 0 Å². The normalized spacial score (nSPS) is 10.0. The molecule has 0 aromatic heterocycles. The minimum absolute atomic E-state index is 0.536. The lowest BCUT2D eigenvalue weighted by Gasteiger charge is -2.05. The van der Waals surface area contributed by atoms with Gasteiger partial charge in [-0.15, -0.1) is 0 Å². The molecule has 0 heterocycles. The van der Waals surface area contributed by atoms with E-state index in [0.29, 0.717) is 19.8 Å². The molecular weight excluding hydrogens is 166 g/mol. The summed E-state index contributed by atoms with van der Waals surface area (Å²) in [6.45, 7) is 1.70. The predicted molar refractivity (Wildman–Crippen MR) is 51.7 cm³/mol. The van der Waals surface area contributed by atoms with Crippen LogP contribution in [0, 0.1) is 0 Å². The topological polar surface area (TPSA) is 44.5 Å². The van der Waals surface area contributed by atoms with Gasteiger partial charge in [-0.05, 0) is 17.7 Å². The van der Waals surface area contributed by atoms with Crippen LogP contribution in [-0.2, 0) is 11.3 Å². The fraction of sp³-hybridized carbons (Fsp3) is 0.400. The van der Waals surface area contributed by atoms with E-state index >= 15 is 0 Å². The highest BCUT2D eigenvalue weighted by atomic mass is 16.5. The van der Waals surface area contributed by atoms with Gasteiger partial charge in [0, 0.05) is 13.7 Å². The summed E-state index contributed by atoms with van der Waals surface area (Å²) in [5.74, 6) is 0.847. The summed E-state index contributed by atoms with van der Waals surface area (Å²) < 4.78 is 10.4. The van der Waals surface area contributed by atoms with Gasteiger partial charge in [-0.3, -0.25) is 0 Å². The molecule has 0 spiro atoms. The number of methoxy groups -OCH3 is 1. The Morgan fingerprint density at radius 2 is 2.23 bits per heavy atom. The lowest BCUT2D eigenvalue weighted by molar-refractivity contribution is 0.184. The van der Waals surface area contributed by atoms with E-state index in [9.17, 15) is 0 Å². The van der Waals surface area contributed by atoms with Gasteiger partial charge in [0.15, 0.2) is 0 Å². The Bertz CT molecular complexity index is 250. The maximum absolute atomic E-state index is 5.36. The van der Waals surface area contributed by atoms with E-state index in [-0.39, 0.29) is 0 Å². The Morgan fingerprint density at radius 3 is 2.92 bits per heavy atom. The molecule has 72 valence electrons. The number of nitrogens with two attached hydrogens (primary N) is 1. The van der Waals surface area contributed by atoms with Crippen molar-refractivity contribution in [2.45, 2.75) is 6.61 Å². The minimum Gasteiger partial charge on any atom is -0.492 e. The van der Waals surface area contributed by atoms with Gasteiger partial charge in [-0.1, -0.05) is 12.1 Å². The standard InChI is InChI=1S/C10H15NO2/c1-12-8-9-3-2-4-10(7-9)13-6-5-11/h2-4,7H,5-6,8,11H2,1H3. The first-order valence-corrected chi connectivity index (χ1v) is 4.27. The van der Waals surface area contributed by atoms with Crippen molar-refractivity contribution in [1.29, 1.82) is 0 Å². The molecule has 0 aliphatic heterocycles. The highest BCUT2D eigenvalue weighted by Crippen LogP contribution is 2.13. The van der Waals surface area contributed by atoms with E-state index in [2.05, 4.69) is 0 Å². The maximum Gasteiger partial charge on any atom is 0.119 e. The van der Waals surface area contributed by atoms with Gasteiger partial charge in [-0.25, -0.2) is 0 Å². The van der Waals surface area contributed by atoms with Crippen LogP contribution in [0.5, 0.6) is 5.75 Å². The summed E-state index contributed by atoms with van der Waals surface area (Å²) in [7, 11) is 1.67. The molecule has 0 saturated carbocycles. The molecule has 13 heavy (non-hydrogen) atoms. The van der Waals surface area contributed by atoms with Crippen molar-refractivity contribution < 1.29 is 9.47 Å². The lowest BCUT2D eigenvalue weighted by Crippen LogP contribution is -2.10. The second-order valence-corrected chi connectivity index (χ2v) is 2.72. The molecule has 0 unspecified atom stereocenters. The van der Waals surface area contributed by atoms with Crippen LogP contribution in [-0.4, -0.2) is 20.3 Å². The van der Waals surface area contributed by atoms with Gasteiger partial charge < -0.3 is 15.2 Å². The number of rotatable bonds is 5. The van der Waals surface area contributed by atoms with Crippen LogP contribution in [0.1, 0.15) is 5.56 Å². The first kappa shape index (κ1) is 10.0. The van der Waals surface area contributed by atoms with E-state index in [1.807, 2.05) is 24.3 Å². The number of benzene rings is 1. The van der Waals surface area contributed by atoms with Crippen molar-refractivity contribution >= 4 is 0 Å². The van der Waals surface area contributed by atoms with Gasteiger partial charge in [0.25, 0.3) is 0 Å². The van der Waals surface area contributed by atoms with Crippen molar-refractivity contribution in [3.05, 3.63) is 29.8 Å². The first-order valence-electron chi connectivity index (χ1n) is 4.27. The monoisotopic (exact) mass is 181 g/mol. The third-order valence-electron chi connectivity index (χ3n) is 1.60. The molecule has 1 aromatic rings. The van der Waals surface area contributed by atoms with Gasteiger partial charge in [0.1, 0.15) is 12.4 Å². The largest absolute Gasteiger partial charge is 0.492 e. The van der Waals surface area contributed by atoms with Crippen LogP contribution in [0.4, 0.5) is 0 Å². The molecule has 0 radical (unpaired) electrons. The van der Waals surface area contributed by atoms with Crippen LogP contribution >= 0.6 is 0 Å². The summed E-state index contributed by atoms with van der Waals surface area (Å²) in [6, 6.07) is 7.81. The zero-order chi connectivity index (χ0) is 9.52. The van der Waals surface area contributed by atoms with Crippen LogP contribution in [0.3, 0.4) is 0 Å². The number of hydrogen-bond acceptors (Lipinski definition) is 3. The van der Waals surface area contributed by atoms with Crippen molar-refractivity contribution in [2.75, 3.05) is 20.3 Å². The van der Waals surface area contributed by atoms with Gasteiger partial charge in [0.2, 0.25) is 0 Å². The average Bonchev–Trinajstić information content (AvgIpc) is 2.16. The lowest BCUT2D eigenvalue weighted by atomic mass is 10.2. The van der Waals surface area contributed by atoms with Crippen molar-refractivity contribution in [2.24, 2.45) is 5.73 Å². The van der Waals surface area contributed by atoms with Crippen LogP contribution < -0.4 is 10.5 Å². The van der Waals surface area contributed by atoms with Crippen molar-refractivity contribution in [1.82, 2.24) is 0 Å². The SMILES string of the molecule is COCc1cccc(OCCN)c1. The minimum atomic E-state index is 0.536. The molecule has 0 saturated heterocycles. The summed E-state index contributed by atoms with van der Waals surface area (Å²) in [4.78, 5) is 0. The average molecular weight is 181 g/mol. The fourth-order valence-corrected chi connectivity index (χ4v) is 1.07.